The first-order chi connectivity index (χ1) is 13.0. The molecule has 0 aliphatic rings. The molecule has 142 valence electrons. The van der Waals surface area contributed by atoms with E-state index in [1.54, 1.807) is 25.3 Å². The number of esters is 1. The quantitative estimate of drug-likeness (QED) is 0.456. The Balaban J connectivity index is 1.89. The fourth-order valence-corrected chi connectivity index (χ4v) is 2.91. The molecule has 8 heteroatoms. The van der Waals surface area contributed by atoms with E-state index in [4.69, 9.17) is 25.8 Å². The summed E-state index contributed by atoms with van der Waals surface area (Å²) in [5, 5.41) is 0.579. The summed E-state index contributed by atoms with van der Waals surface area (Å²) in [6, 6.07) is 8.89. The van der Waals surface area contributed by atoms with Crippen LogP contribution < -0.4 is 4.74 Å². The molecule has 0 N–H and O–H groups in total. The van der Waals surface area contributed by atoms with Gasteiger partial charge in [0.15, 0.2) is 11.3 Å². The first kappa shape index (κ1) is 19.1. The standard InChI is InChI=1S/C19H20ClN3O4/c1-12-21-16-6-7-17(19(24)26-3)22-18(16)23(12)11-13-4-5-14(10-15(13)20)27-9-8-25-2/h4-7,10H,8-9,11H2,1-3H3. The minimum atomic E-state index is -0.488. The van der Waals surface area contributed by atoms with Gasteiger partial charge >= 0.3 is 5.97 Å². The van der Waals surface area contributed by atoms with Gasteiger partial charge in [0.25, 0.3) is 0 Å². The molecule has 0 bridgehead atoms. The van der Waals surface area contributed by atoms with Crippen LogP contribution in [0.25, 0.3) is 11.2 Å². The Hall–Kier alpha value is -2.64. The number of halogens is 1. The van der Waals surface area contributed by atoms with E-state index in [1.807, 2.05) is 23.6 Å². The smallest absolute Gasteiger partial charge is 0.356 e. The second-order valence-electron chi connectivity index (χ2n) is 5.87. The topological polar surface area (TPSA) is 75.5 Å². The van der Waals surface area contributed by atoms with Crippen molar-refractivity contribution in [2.45, 2.75) is 13.5 Å². The number of pyridine rings is 1. The van der Waals surface area contributed by atoms with Gasteiger partial charge in [0, 0.05) is 12.1 Å². The molecule has 0 aliphatic heterocycles. The number of ether oxygens (including phenoxy) is 3. The summed E-state index contributed by atoms with van der Waals surface area (Å²) in [5.74, 6) is 0.966. The zero-order chi connectivity index (χ0) is 19.4. The highest BCUT2D eigenvalue weighted by molar-refractivity contribution is 6.31. The maximum Gasteiger partial charge on any atom is 0.356 e. The molecule has 0 unspecified atom stereocenters. The van der Waals surface area contributed by atoms with Crippen molar-refractivity contribution in [1.29, 1.82) is 0 Å². The molecular weight excluding hydrogens is 370 g/mol. The fourth-order valence-electron chi connectivity index (χ4n) is 2.68. The van der Waals surface area contributed by atoms with E-state index in [0.717, 1.165) is 11.4 Å². The molecule has 1 aromatic carbocycles. The Morgan fingerprint density at radius 3 is 2.67 bits per heavy atom. The third kappa shape index (κ3) is 4.20. The fraction of sp³-hybridized carbons (Fsp3) is 0.316. The highest BCUT2D eigenvalue weighted by Gasteiger charge is 2.15. The summed E-state index contributed by atoms with van der Waals surface area (Å²) in [5.41, 5.74) is 2.44. The van der Waals surface area contributed by atoms with Gasteiger partial charge in [0.1, 0.15) is 23.7 Å². The summed E-state index contributed by atoms with van der Waals surface area (Å²) in [7, 11) is 2.95. The maximum atomic E-state index is 11.8. The molecule has 27 heavy (non-hydrogen) atoms. The molecule has 0 fully saturated rings. The molecule has 0 spiro atoms. The number of benzene rings is 1. The Kier molecular flexibility index (Phi) is 5.93. The van der Waals surface area contributed by atoms with Crippen molar-refractivity contribution in [3.05, 3.63) is 52.4 Å². The van der Waals surface area contributed by atoms with Crippen molar-refractivity contribution in [3.8, 4) is 5.75 Å². The van der Waals surface area contributed by atoms with Gasteiger partial charge in [0.05, 0.1) is 20.3 Å². The number of methoxy groups -OCH3 is 2. The number of carbonyl (C=O) groups is 1. The summed E-state index contributed by atoms with van der Waals surface area (Å²) >= 11 is 6.43. The lowest BCUT2D eigenvalue weighted by Gasteiger charge is -2.11. The van der Waals surface area contributed by atoms with Gasteiger partial charge in [-0.15, -0.1) is 0 Å². The van der Waals surface area contributed by atoms with Crippen molar-refractivity contribution in [2.24, 2.45) is 0 Å². The average Bonchev–Trinajstić information content (AvgIpc) is 2.98. The van der Waals surface area contributed by atoms with Gasteiger partial charge < -0.3 is 18.8 Å². The lowest BCUT2D eigenvalue weighted by molar-refractivity contribution is 0.0594. The Labute approximate surface area is 161 Å². The first-order valence-corrected chi connectivity index (χ1v) is 8.73. The molecule has 0 saturated heterocycles. The number of hydrogen-bond acceptors (Lipinski definition) is 6. The molecular formula is C19H20ClN3O4. The molecule has 3 rings (SSSR count). The van der Waals surface area contributed by atoms with Crippen LogP contribution in [0.15, 0.2) is 30.3 Å². The van der Waals surface area contributed by atoms with Crippen LogP contribution in [0.4, 0.5) is 0 Å². The minimum Gasteiger partial charge on any atom is -0.491 e. The maximum absolute atomic E-state index is 11.8. The predicted octanol–water partition coefficient (Wildman–Crippen LogP) is 3.25. The molecule has 2 heterocycles. The lowest BCUT2D eigenvalue weighted by atomic mass is 10.2. The number of carbonyl (C=O) groups excluding carboxylic acids is 1. The zero-order valence-corrected chi connectivity index (χ0v) is 16.1. The molecule has 0 aliphatic carbocycles. The monoisotopic (exact) mass is 389 g/mol. The summed E-state index contributed by atoms with van der Waals surface area (Å²) < 4.78 is 17.2. The second-order valence-corrected chi connectivity index (χ2v) is 6.28. The van der Waals surface area contributed by atoms with Crippen molar-refractivity contribution < 1.29 is 19.0 Å². The number of fused-ring (bicyclic) bond motifs is 1. The van der Waals surface area contributed by atoms with E-state index in [9.17, 15) is 4.79 Å². The Bertz CT molecular complexity index is 971. The normalized spacial score (nSPS) is 11.0. The zero-order valence-electron chi connectivity index (χ0n) is 15.4. The Morgan fingerprint density at radius 1 is 1.15 bits per heavy atom. The highest BCUT2D eigenvalue weighted by Crippen LogP contribution is 2.25. The summed E-state index contributed by atoms with van der Waals surface area (Å²) in [4.78, 5) is 20.7. The third-order valence-corrected chi connectivity index (χ3v) is 4.44. The van der Waals surface area contributed by atoms with Gasteiger partial charge in [-0.05, 0) is 36.8 Å². The van der Waals surface area contributed by atoms with Crippen LogP contribution in [0.1, 0.15) is 21.9 Å². The number of hydrogen-bond donors (Lipinski definition) is 0. The van der Waals surface area contributed by atoms with E-state index in [-0.39, 0.29) is 5.69 Å². The number of aromatic nitrogens is 3. The average molecular weight is 390 g/mol. The van der Waals surface area contributed by atoms with E-state index in [1.165, 1.54) is 7.11 Å². The first-order valence-electron chi connectivity index (χ1n) is 8.36. The highest BCUT2D eigenvalue weighted by atomic mass is 35.5. The van der Waals surface area contributed by atoms with Crippen molar-refractivity contribution in [2.75, 3.05) is 27.4 Å². The molecule has 2 aromatic heterocycles. The van der Waals surface area contributed by atoms with E-state index < -0.39 is 5.97 Å². The lowest BCUT2D eigenvalue weighted by Crippen LogP contribution is -2.08. The van der Waals surface area contributed by atoms with Crippen LogP contribution >= 0.6 is 11.6 Å². The van der Waals surface area contributed by atoms with Crippen molar-refractivity contribution in [3.63, 3.8) is 0 Å². The van der Waals surface area contributed by atoms with Crippen LogP contribution in [0, 0.1) is 6.92 Å². The largest absolute Gasteiger partial charge is 0.491 e. The van der Waals surface area contributed by atoms with Crippen molar-refractivity contribution >= 4 is 28.7 Å². The van der Waals surface area contributed by atoms with Gasteiger partial charge in [-0.3, -0.25) is 0 Å². The molecule has 0 atom stereocenters. The summed E-state index contributed by atoms with van der Waals surface area (Å²) in [6.45, 7) is 3.32. The molecule has 0 radical (unpaired) electrons. The van der Waals surface area contributed by atoms with Gasteiger partial charge in [-0.2, -0.15) is 0 Å². The minimum absolute atomic E-state index is 0.235. The van der Waals surface area contributed by atoms with Crippen LogP contribution in [0.5, 0.6) is 5.75 Å². The molecule has 7 nitrogen and oxygen atoms in total. The van der Waals surface area contributed by atoms with Crippen LogP contribution in [0.3, 0.4) is 0 Å². The van der Waals surface area contributed by atoms with Gasteiger partial charge in [-0.1, -0.05) is 17.7 Å². The third-order valence-electron chi connectivity index (χ3n) is 4.09. The van der Waals surface area contributed by atoms with Gasteiger partial charge in [-0.25, -0.2) is 14.8 Å². The molecule has 3 aromatic rings. The number of rotatable bonds is 7. The van der Waals surface area contributed by atoms with Crippen molar-refractivity contribution in [1.82, 2.24) is 14.5 Å². The number of nitrogens with zero attached hydrogens (tertiary/aromatic N) is 3. The summed E-state index contributed by atoms with van der Waals surface area (Å²) in [6.07, 6.45) is 0. The van der Waals surface area contributed by atoms with Crippen LogP contribution in [-0.4, -0.2) is 47.9 Å². The molecule has 0 amide bonds. The van der Waals surface area contributed by atoms with Crippen LogP contribution in [-0.2, 0) is 16.0 Å². The Morgan fingerprint density at radius 2 is 1.96 bits per heavy atom. The molecule has 0 saturated carbocycles. The van der Waals surface area contributed by atoms with Gasteiger partial charge in [0.2, 0.25) is 0 Å². The van der Waals surface area contributed by atoms with E-state index in [0.29, 0.717) is 41.7 Å². The SMILES string of the molecule is COCCOc1ccc(Cn2c(C)nc3ccc(C(=O)OC)nc32)c(Cl)c1. The van der Waals surface area contributed by atoms with E-state index >= 15 is 0 Å². The second kappa shape index (κ2) is 8.37. The number of aryl methyl sites for hydroxylation is 1. The van der Waals surface area contributed by atoms with E-state index in [2.05, 4.69) is 9.97 Å². The van der Waals surface area contributed by atoms with Crippen LogP contribution in [0.2, 0.25) is 5.02 Å². The number of imidazole rings is 1. The predicted molar refractivity (Wildman–Crippen MR) is 102 cm³/mol.